The number of hydrogen-bond donors (Lipinski definition) is 3. The predicted molar refractivity (Wildman–Crippen MR) is 94.3 cm³/mol. The van der Waals surface area contributed by atoms with Crippen LogP contribution in [0.2, 0.25) is 0 Å². The molecule has 0 aromatic heterocycles. The van der Waals surface area contributed by atoms with Crippen molar-refractivity contribution in [3.05, 3.63) is 37.0 Å². The van der Waals surface area contributed by atoms with Crippen LogP contribution in [0.3, 0.4) is 0 Å². The van der Waals surface area contributed by atoms with Gasteiger partial charge in [0.15, 0.2) is 17.3 Å². The highest BCUT2D eigenvalue weighted by Gasteiger charge is 2.38. The van der Waals surface area contributed by atoms with Crippen LogP contribution in [-0.4, -0.2) is 37.4 Å². The van der Waals surface area contributed by atoms with Crippen molar-refractivity contribution in [2.75, 3.05) is 19.6 Å². The zero-order valence-electron chi connectivity index (χ0n) is 15.0. The largest absolute Gasteiger partial charge is 0.647 e. The zero-order chi connectivity index (χ0) is 20.3. The molecule has 10 nitrogen and oxygen atoms in total. The normalized spacial score (nSPS) is 10.1. The number of likely N-dealkylation sites (N-methyl/N-ethyl adjacent to an activating group) is 3. The van der Waals surface area contributed by atoms with E-state index in [9.17, 15) is 18.9 Å². The molecule has 0 aliphatic carbocycles. The monoisotopic (exact) mass is 389 g/mol. The Kier molecular flexibility index (Phi) is 9.83. The van der Waals surface area contributed by atoms with Crippen LogP contribution in [0.15, 0.2) is 37.0 Å². The highest BCUT2D eigenvalue weighted by Crippen LogP contribution is 2.54. The van der Waals surface area contributed by atoms with Gasteiger partial charge >= 0.3 is 7.82 Å². The number of phosphoric acid groups is 1. The molecular weight excluding hydrogens is 365 g/mol. The lowest BCUT2D eigenvalue weighted by Crippen LogP contribution is -2.28. The molecule has 0 rings (SSSR count). The van der Waals surface area contributed by atoms with E-state index >= 15 is 0 Å². The number of hydrogen-bond acceptors (Lipinski definition) is 7. The first-order chi connectivity index (χ1) is 12.1. The third-order valence-corrected chi connectivity index (χ3v) is 3.77. The lowest BCUT2D eigenvalue weighted by atomic mass is 10.5. The molecule has 0 atom stereocenters. The van der Waals surface area contributed by atoms with E-state index in [-0.39, 0.29) is 19.6 Å². The summed E-state index contributed by atoms with van der Waals surface area (Å²) < 4.78 is 27.4. The van der Waals surface area contributed by atoms with Crippen molar-refractivity contribution in [2.45, 2.75) is 20.8 Å². The van der Waals surface area contributed by atoms with Gasteiger partial charge in [-0.3, -0.25) is 14.4 Å². The van der Waals surface area contributed by atoms with Gasteiger partial charge in [-0.05, 0) is 20.8 Å². The number of nitrogens with one attached hydrogen (secondary N) is 3. The van der Waals surface area contributed by atoms with Crippen LogP contribution >= 0.6 is 7.82 Å². The van der Waals surface area contributed by atoms with E-state index in [0.717, 1.165) is 0 Å². The molecule has 0 fully saturated rings. The third kappa shape index (κ3) is 7.89. The highest BCUT2D eigenvalue weighted by molar-refractivity contribution is 7.49. The summed E-state index contributed by atoms with van der Waals surface area (Å²) >= 11 is 0. The van der Waals surface area contributed by atoms with E-state index in [0.29, 0.717) is 0 Å². The molecule has 0 saturated carbocycles. The fourth-order valence-corrected chi connectivity index (χ4v) is 2.53. The fraction of sp³-hybridized carbons (Fsp3) is 0.400. The topological polar surface area (TPSA) is 132 Å². The van der Waals surface area contributed by atoms with E-state index in [1.165, 1.54) is 0 Å². The van der Waals surface area contributed by atoms with E-state index in [1.54, 1.807) is 20.8 Å². The molecule has 0 spiro atoms. The summed E-state index contributed by atoms with van der Waals surface area (Å²) in [5, 5.41) is 7.08. The summed E-state index contributed by atoms with van der Waals surface area (Å²) in [7, 11) is -4.70. The summed E-state index contributed by atoms with van der Waals surface area (Å²) in [6.45, 7) is 15.6. The molecule has 0 aliphatic rings. The highest BCUT2D eigenvalue weighted by atomic mass is 31.2. The van der Waals surface area contributed by atoms with E-state index in [4.69, 9.17) is 13.6 Å². The molecule has 0 bridgehead atoms. The van der Waals surface area contributed by atoms with Gasteiger partial charge in [-0.2, -0.15) is 4.57 Å². The van der Waals surface area contributed by atoms with E-state index in [2.05, 4.69) is 35.7 Å². The molecule has 0 aromatic carbocycles. The van der Waals surface area contributed by atoms with Crippen molar-refractivity contribution in [3.8, 4) is 0 Å². The van der Waals surface area contributed by atoms with Gasteiger partial charge in [-0.25, -0.2) is 0 Å². The molecule has 26 heavy (non-hydrogen) atoms. The van der Waals surface area contributed by atoms with Gasteiger partial charge in [0.25, 0.3) is 17.7 Å². The first-order valence-corrected chi connectivity index (χ1v) is 9.16. The Morgan fingerprint density at radius 1 is 0.692 bits per heavy atom. The molecule has 0 aliphatic heterocycles. The molecule has 0 saturated heterocycles. The summed E-state index contributed by atoms with van der Waals surface area (Å²) in [6, 6.07) is 0. The van der Waals surface area contributed by atoms with Crippen LogP contribution < -0.4 is 16.0 Å². The Morgan fingerprint density at radius 2 is 0.923 bits per heavy atom. The van der Waals surface area contributed by atoms with Gasteiger partial charge in [-0.15, -0.1) is 0 Å². The Balaban J connectivity index is 5.40. The maximum absolute atomic E-state index is 12.8. The Morgan fingerprint density at radius 3 is 1.12 bits per heavy atom. The second-order valence-corrected chi connectivity index (χ2v) is 6.01. The number of carbonyl (C=O) groups is 3. The number of carbonyl (C=O) groups excluding carboxylic acids is 3. The van der Waals surface area contributed by atoms with Gasteiger partial charge in [0, 0.05) is 19.6 Å². The molecule has 146 valence electrons. The van der Waals surface area contributed by atoms with Crippen molar-refractivity contribution in [2.24, 2.45) is 0 Å². The maximum Gasteiger partial charge on any atom is 0.647 e. The van der Waals surface area contributed by atoms with Crippen molar-refractivity contribution < 1.29 is 32.5 Å². The summed E-state index contributed by atoms with van der Waals surface area (Å²) in [5.41, 5.74) is 0. The molecule has 0 aromatic rings. The quantitative estimate of drug-likeness (QED) is 0.259. The molecular formula is C15H24N3O7P. The van der Waals surface area contributed by atoms with Crippen molar-refractivity contribution >= 4 is 25.5 Å². The lowest BCUT2D eigenvalue weighted by molar-refractivity contribution is -0.120. The minimum Gasteiger partial charge on any atom is -0.381 e. The van der Waals surface area contributed by atoms with Crippen LogP contribution in [0.25, 0.3) is 0 Å². The van der Waals surface area contributed by atoms with Crippen LogP contribution in [0.5, 0.6) is 0 Å². The van der Waals surface area contributed by atoms with E-state index < -0.39 is 42.8 Å². The van der Waals surface area contributed by atoms with Crippen molar-refractivity contribution in [1.82, 2.24) is 16.0 Å². The second-order valence-electron chi connectivity index (χ2n) is 4.57. The van der Waals surface area contributed by atoms with Gasteiger partial charge in [-0.1, -0.05) is 19.7 Å². The first-order valence-electron chi connectivity index (χ1n) is 7.70. The second kappa shape index (κ2) is 11.0. The van der Waals surface area contributed by atoms with Crippen LogP contribution in [-0.2, 0) is 32.5 Å². The summed E-state index contributed by atoms with van der Waals surface area (Å²) in [5.74, 6) is -4.18. The Bertz CT molecular complexity index is 560. The van der Waals surface area contributed by atoms with E-state index in [1.807, 2.05) is 0 Å². The van der Waals surface area contributed by atoms with Gasteiger partial charge < -0.3 is 29.5 Å². The number of amides is 3. The average Bonchev–Trinajstić information content (AvgIpc) is 2.54. The van der Waals surface area contributed by atoms with Gasteiger partial charge in [0.1, 0.15) is 0 Å². The standard InChI is InChI=1S/C15H24N3O7P/c1-7-16-13(19)10(4)23-26(22,24-11(5)14(20)17-8-2)25-12(6)15(21)18-9-3/h4-9H2,1-3H3,(H,16,19)(H,17,20)(H,18,21). The maximum atomic E-state index is 12.8. The molecule has 3 amide bonds. The molecule has 0 heterocycles. The Hall–Kier alpha value is -2.74. The first kappa shape index (κ1) is 23.3. The van der Waals surface area contributed by atoms with Gasteiger partial charge in [0.2, 0.25) is 0 Å². The van der Waals surface area contributed by atoms with Crippen LogP contribution in [0.1, 0.15) is 20.8 Å². The van der Waals surface area contributed by atoms with Crippen LogP contribution in [0.4, 0.5) is 0 Å². The lowest BCUT2D eigenvalue weighted by Gasteiger charge is -2.21. The molecule has 3 N–H and O–H groups in total. The van der Waals surface area contributed by atoms with Crippen LogP contribution in [0, 0.1) is 0 Å². The minimum atomic E-state index is -4.70. The SMILES string of the molecule is C=C(OP(=O)(OC(=C)C(=O)NCC)OC(=C)C(=O)NCC)C(=O)NCC. The molecule has 0 radical (unpaired) electrons. The third-order valence-electron chi connectivity index (χ3n) is 2.44. The smallest absolute Gasteiger partial charge is 0.381 e. The average molecular weight is 389 g/mol. The van der Waals surface area contributed by atoms with Crippen molar-refractivity contribution in [3.63, 3.8) is 0 Å². The zero-order valence-corrected chi connectivity index (χ0v) is 15.9. The molecule has 11 heteroatoms. The fourth-order valence-electron chi connectivity index (χ4n) is 1.36. The number of rotatable bonds is 12. The predicted octanol–water partition coefficient (Wildman–Crippen LogP) is 1.09. The van der Waals surface area contributed by atoms with Gasteiger partial charge in [0.05, 0.1) is 0 Å². The minimum absolute atomic E-state index is 0.254. The molecule has 0 unspecified atom stereocenters. The summed E-state index contributed by atoms with van der Waals surface area (Å²) in [6.07, 6.45) is 0. The summed E-state index contributed by atoms with van der Waals surface area (Å²) in [4.78, 5) is 35.1. The van der Waals surface area contributed by atoms with Crippen molar-refractivity contribution in [1.29, 1.82) is 0 Å². The number of phosphoric ester groups is 1. The Labute approximate surface area is 152 Å².